The third-order valence-corrected chi connectivity index (χ3v) is 4.53. The van der Waals surface area contributed by atoms with Crippen LogP contribution in [-0.4, -0.2) is 19.2 Å². The molecule has 2 aromatic carbocycles. The topological polar surface area (TPSA) is 81.2 Å². The lowest BCUT2D eigenvalue weighted by molar-refractivity contribution is 0.404. The summed E-state index contributed by atoms with van der Waals surface area (Å²) in [7, 11) is 3.19. The molecule has 0 aliphatic carbocycles. The van der Waals surface area contributed by atoms with Crippen molar-refractivity contribution in [3.63, 3.8) is 0 Å². The Kier molecular flexibility index (Phi) is 5.00. The largest absolute Gasteiger partial charge is 0.497 e. The van der Waals surface area contributed by atoms with Gasteiger partial charge in [0.2, 0.25) is 0 Å². The SMILES string of the molecule is COc1ccc(OC)c(-c2cc(-c3cc(C)ccc3C)nc(N)c2C#N)c1. The highest BCUT2D eigenvalue weighted by Gasteiger charge is 2.18. The number of methoxy groups -OCH3 is 2. The number of anilines is 1. The summed E-state index contributed by atoms with van der Waals surface area (Å²) >= 11 is 0. The summed E-state index contributed by atoms with van der Waals surface area (Å²) in [6.07, 6.45) is 0. The van der Waals surface area contributed by atoms with Gasteiger partial charge in [0.25, 0.3) is 0 Å². The quantitative estimate of drug-likeness (QED) is 0.741. The van der Waals surface area contributed by atoms with E-state index in [2.05, 4.69) is 23.2 Å². The van der Waals surface area contributed by atoms with Crippen LogP contribution in [0.4, 0.5) is 5.82 Å². The monoisotopic (exact) mass is 359 g/mol. The molecule has 3 rings (SSSR count). The summed E-state index contributed by atoms with van der Waals surface area (Å²) in [5.74, 6) is 1.49. The first-order chi connectivity index (χ1) is 13.0. The van der Waals surface area contributed by atoms with Crippen LogP contribution in [0.25, 0.3) is 22.4 Å². The number of nitriles is 1. The Labute approximate surface area is 159 Å². The van der Waals surface area contributed by atoms with Crippen molar-refractivity contribution >= 4 is 5.82 Å². The predicted molar refractivity (Wildman–Crippen MR) is 107 cm³/mol. The molecule has 5 nitrogen and oxygen atoms in total. The first-order valence-corrected chi connectivity index (χ1v) is 8.49. The zero-order valence-corrected chi connectivity index (χ0v) is 15.8. The van der Waals surface area contributed by atoms with Crippen molar-refractivity contribution < 1.29 is 9.47 Å². The van der Waals surface area contributed by atoms with Crippen molar-refractivity contribution in [3.05, 3.63) is 59.2 Å². The van der Waals surface area contributed by atoms with E-state index in [0.29, 0.717) is 28.3 Å². The minimum absolute atomic E-state index is 0.191. The summed E-state index contributed by atoms with van der Waals surface area (Å²) in [6, 6.07) is 15.7. The van der Waals surface area contributed by atoms with Gasteiger partial charge in [-0.25, -0.2) is 4.98 Å². The normalized spacial score (nSPS) is 10.3. The number of pyridine rings is 1. The van der Waals surface area contributed by atoms with Gasteiger partial charge in [0.15, 0.2) is 0 Å². The van der Waals surface area contributed by atoms with E-state index in [-0.39, 0.29) is 5.82 Å². The Balaban J connectivity index is 2.32. The maximum atomic E-state index is 9.67. The van der Waals surface area contributed by atoms with E-state index in [4.69, 9.17) is 15.2 Å². The average molecular weight is 359 g/mol. The first kappa shape index (κ1) is 18.3. The number of ether oxygens (including phenoxy) is 2. The number of hydrogen-bond donors (Lipinski definition) is 1. The Morgan fingerprint density at radius 3 is 2.37 bits per heavy atom. The number of nitrogens with zero attached hydrogens (tertiary/aromatic N) is 2. The maximum Gasteiger partial charge on any atom is 0.142 e. The number of hydrogen-bond acceptors (Lipinski definition) is 5. The van der Waals surface area contributed by atoms with E-state index < -0.39 is 0 Å². The van der Waals surface area contributed by atoms with Crippen LogP contribution in [0.5, 0.6) is 11.5 Å². The van der Waals surface area contributed by atoms with E-state index in [1.807, 2.05) is 44.2 Å². The van der Waals surface area contributed by atoms with Gasteiger partial charge in [0.05, 0.1) is 19.9 Å². The van der Waals surface area contributed by atoms with Crippen molar-refractivity contribution in [2.45, 2.75) is 13.8 Å². The van der Waals surface area contributed by atoms with Gasteiger partial charge in [-0.15, -0.1) is 0 Å². The summed E-state index contributed by atoms with van der Waals surface area (Å²) < 4.78 is 10.8. The van der Waals surface area contributed by atoms with Crippen molar-refractivity contribution in [3.8, 4) is 40.0 Å². The molecule has 0 aliphatic heterocycles. The molecule has 1 aromatic heterocycles. The highest BCUT2D eigenvalue weighted by molar-refractivity contribution is 5.84. The molecule has 0 aliphatic rings. The van der Waals surface area contributed by atoms with E-state index >= 15 is 0 Å². The molecule has 5 heteroatoms. The molecule has 136 valence electrons. The van der Waals surface area contributed by atoms with Gasteiger partial charge in [-0.3, -0.25) is 0 Å². The second-order valence-electron chi connectivity index (χ2n) is 6.31. The Bertz CT molecular complexity index is 1050. The van der Waals surface area contributed by atoms with Crippen molar-refractivity contribution in [1.82, 2.24) is 4.98 Å². The summed E-state index contributed by atoms with van der Waals surface area (Å²) in [6.45, 7) is 4.05. The average Bonchev–Trinajstić information content (AvgIpc) is 2.68. The van der Waals surface area contributed by atoms with Crippen LogP contribution in [0, 0.1) is 25.2 Å². The molecule has 2 N–H and O–H groups in total. The van der Waals surface area contributed by atoms with Crippen LogP contribution in [-0.2, 0) is 0 Å². The van der Waals surface area contributed by atoms with Crippen LogP contribution in [0.1, 0.15) is 16.7 Å². The molecule has 0 amide bonds. The van der Waals surface area contributed by atoms with Gasteiger partial charge >= 0.3 is 0 Å². The highest BCUT2D eigenvalue weighted by Crippen LogP contribution is 2.39. The van der Waals surface area contributed by atoms with Crippen LogP contribution in [0.2, 0.25) is 0 Å². The van der Waals surface area contributed by atoms with Crippen molar-refractivity contribution in [1.29, 1.82) is 5.26 Å². The fourth-order valence-corrected chi connectivity index (χ4v) is 3.07. The predicted octanol–water partition coefficient (Wildman–Crippen LogP) is 4.50. The zero-order chi connectivity index (χ0) is 19.6. The van der Waals surface area contributed by atoms with Gasteiger partial charge in [0, 0.05) is 16.7 Å². The van der Waals surface area contributed by atoms with E-state index in [1.165, 1.54) is 0 Å². The number of aryl methyl sites for hydroxylation is 2. The number of nitrogens with two attached hydrogens (primary N) is 1. The molecule has 27 heavy (non-hydrogen) atoms. The fourth-order valence-electron chi connectivity index (χ4n) is 3.07. The maximum absolute atomic E-state index is 9.67. The van der Waals surface area contributed by atoms with Gasteiger partial charge in [-0.2, -0.15) is 5.26 Å². The second kappa shape index (κ2) is 7.38. The third kappa shape index (κ3) is 3.42. The van der Waals surface area contributed by atoms with Gasteiger partial charge < -0.3 is 15.2 Å². The zero-order valence-electron chi connectivity index (χ0n) is 15.8. The summed E-state index contributed by atoms with van der Waals surface area (Å²) in [4.78, 5) is 4.48. The lowest BCUT2D eigenvalue weighted by Crippen LogP contribution is -2.01. The molecule has 0 fully saturated rings. The minimum Gasteiger partial charge on any atom is -0.497 e. The van der Waals surface area contributed by atoms with Crippen molar-refractivity contribution in [2.24, 2.45) is 0 Å². The van der Waals surface area contributed by atoms with E-state index in [0.717, 1.165) is 22.3 Å². The summed E-state index contributed by atoms with van der Waals surface area (Å²) in [5, 5.41) is 9.67. The second-order valence-corrected chi connectivity index (χ2v) is 6.31. The molecule has 0 atom stereocenters. The molecule has 0 bridgehead atoms. The van der Waals surface area contributed by atoms with Gasteiger partial charge in [-0.05, 0) is 49.7 Å². The number of nitrogen functional groups attached to an aromatic ring is 1. The lowest BCUT2D eigenvalue weighted by Gasteiger charge is -2.15. The number of aromatic nitrogens is 1. The molecule has 1 heterocycles. The number of rotatable bonds is 4. The smallest absolute Gasteiger partial charge is 0.142 e. The Hall–Kier alpha value is -3.52. The molecule has 0 spiro atoms. The first-order valence-electron chi connectivity index (χ1n) is 8.49. The van der Waals surface area contributed by atoms with E-state index in [9.17, 15) is 5.26 Å². The Morgan fingerprint density at radius 2 is 1.70 bits per heavy atom. The minimum atomic E-state index is 0.191. The molecule has 0 saturated carbocycles. The highest BCUT2D eigenvalue weighted by atomic mass is 16.5. The molecular formula is C22H21N3O2. The third-order valence-electron chi connectivity index (χ3n) is 4.53. The standard InChI is InChI=1S/C22H21N3O2/c1-13-5-6-14(2)16(9-13)20-11-17(19(12-23)22(24)25-20)18-10-15(26-3)7-8-21(18)27-4/h5-11H,1-4H3,(H2,24,25). The lowest BCUT2D eigenvalue weighted by atomic mass is 9.95. The van der Waals surface area contributed by atoms with Crippen LogP contribution < -0.4 is 15.2 Å². The number of benzene rings is 2. The molecule has 0 radical (unpaired) electrons. The van der Waals surface area contributed by atoms with Crippen LogP contribution in [0.3, 0.4) is 0 Å². The summed E-state index contributed by atoms with van der Waals surface area (Å²) in [5.41, 5.74) is 11.8. The Morgan fingerprint density at radius 1 is 0.926 bits per heavy atom. The van der Waals surface area contributed by atoms with Gasteiger partial charge in [0.1, 0.15) is 28.9 Å². The van der Waals surface area contributed by atoms with Crippen LogP contribution in [0.15, 0.2) is 42.5 Å². The van der Waals surface area contributed by atoms with E-state index in [1.54, 1.807) is 14.2 Å². The van der Waals surface area contributed by atoms with Crippen LogP contribution >= 0.6 is 0 Å². The molecular weight excluding hydrogens is 338 g/mol. The van der Waals surface area contributed by atoms with Crippen molar-refractivity contribution in [2.75, 3.05) is 20.0 Å². The van der Waals surface area contributed by atoms with Gasteiger partial charge in [-0.1, -0.05) is 17.7 Å². The fraction of sp³-hybridized carbons (Fsp3) is 0.182. The molecule has 3 aromatic rings. The molecule has 0 unspecified atom stereocenters. The molecule has 0 saturated heterocycles.